The molecule has 4 heteroatoms. The normalized spacial score (nSPS) is 10.6. The minimum atomic E-state index is -0.381. The van der Waals surface area contributed by atoms with Crippen molar-refractivity contribution in [2.45, 2.75) is 0 Å². The molecule has 0 aliphatic carbocycles. The minimum Gasteiger partial charge on any atom is -0.465 e. The number of esters is 1. The van der Waals surface area contributed by atoms with Crippen molar-refractivity contribution in [1.82, 2.24) is 0 Å². The van der Waals surface area contributed by atoms with E-state index in [1.165, 1.54) is 19.2 Å². The Bertz CT molecular complexity index is 606. The third-order valence-corrected chi connectivity index (χ3v) is 2.50. The second-order valence-electron chi connectivity index (χ2n) is 3.85. The van der Waals surface area contributed by atoms with E-state index in [-0.39, 0.29) is 11.8 Å². The molecule has 0 aliphatic rings. The van der Waals surface area contributed by atoms with Gasteiger partial charge in [-0.1, -0.05) is 18.2 Å². The van der Waals surface area contributed by atoms with E-state index in [0.717, 1.165) is 5.56 Å². The van der Waals surface area contributed by atoms with Crippen LogP contribution >= 0.6 is 0 Å². The van der Waals surface area contributed by atoms with E-state index in [0.29, 0.717) is 11.3 Å². The van der Waals surface area contributed by atoms with E-state index < -0.39 is 0 Å². The number of hydrogen-bond acceptors (Lipinski definition) is 3. The predicted molar refractivity (Wildman–Crippen MR) is 71.4 cm³/mol. The van der Waals surface area contributed by atoms with Gasteiger partial charge in [-0.25, -0.2) is 9.18 Å². The number of carbonyl (C=O) groups excluding carboxylic acids is 1. The Morgan fingerprint density at radius 2 is 1.95 bits per heavy atom. The highest BCUT2D eigenvalue weighted by atomic mass is 19.1. The van der Waals surface area contributed by atoms with Crippen LogP contribution in [0.3, 0.4) is 0 Å². The van der Waals surface area contributed by atoms with Crippen molar-refractivity contribution in [3.8, 4) is 0 Å². The molecule has 2 rings (SSSR count). The largest absolute Gasteiger partial charge is 0.465 e. The van der Waals surface area contributed by atoms with E-state index in [1.54, 1.807) is 42.6 Å². The van der Waals surface area contributed by atoms with E-state index in [9.17, 15) is 9.18 Å². The van der Waals surface area contributed by atoms with E-state index in [1.807, 2.05) is 0 Å². The summed E-state index contributed by atoms with van der Waals surface area (Å²) in [5.41, 5.74) is 1.83. The number of benzene rings is 2. The van der Waals surface area contributed by atoms with Gasteiger partial charge in [0.1, 0.15) is 5.82 Å². The molecule has 0 atom stereocenters. The standard InChI is InChI=1S/C15H12FNO2/c1-19-15(18)12-7-5-11(6-8-12)10-17-14-4-2-3-13(16)9-14/h2-10H,1H3/b17-10+. The van der Waals surface area contributed by atoms with Gasteiger partial charge in [0.25, 0.3) is 0 Å². The first-order valence-electron chi connectivity index (χ1n) is 5.67. The highest BCUT2D eigenvalue weighted by Gasteiger charge is 2.03. The quantitative estimate of drug-likeness (QED) is 0.624. The maximum atomic E-state index is 12.9. The van der Waals surface area contributed by atoms with Crippen LogP contribution in [0.15, 0.2) is 53.5 Å². The lowest BCUT2D eigenvalue weighted by Gasteiger charge is -1.99. The second-order valence-corrected chi connectivity index (χ2v) is 3.85. The minimum absolute atomic E-state index is 0.323. The smallest absolute Gasteiger partial charge is 0.337 e. The molecule has 0 aliphatic heterocycles. The summed E-state index contributed by atoms with van der Waals surface area (Å²) in [5.74, 6) is -0.704. The van der Waals surface area contributed by atoms with Crippen molar-refractivity contribution in [3.05, 3.63) is 65.5 Å². The molecule has 0 unspecified atom stereocenters. The van der Waals surface area contributed by atoms with E-state index >= 15 is 0 Å². The van der Waals surface area contributed by atoms with Crippen LogP contribution in [0.2, 0.25) is 0 Å². The number of methoxy groups -OCH3 is 1. The Balaban J connectivity index is 2.13. The molecular formula is C15H12FNO2. The number of ether oxygens (including phenoxy) is 1. The molecule has 3 nitrogen and oxygen atoms in total. The molecule has 0 spiro atoms. The van der Waals surface area contributed by atoms with Gasteiger partial charge in [-0.15, -0.1) is 0 Å². The summed E-state index contributed by atoms with van der Waals surface area (Å²) >= 11 is 0. The van der Waals surface area contributed by atoms with E-state index in [4.69, 9.17) is 0 Å². The fourth-order valence-electron chi connectivity index (χ4n) is 1.53. The van der Waals surface area contributed by atoms with Gasteiger partial charge < -0.3 is 4.74 Å². The van der Waals surface area contributed by atoms with Gasteiger partial charge in [0.05, 0.1) is 18.4 Å². The molecule has 0 heterocycles. The lowest BCUT2D eigenvalue weighted by atomic mass is 10.1. The SMILES string of the molecule is COC(=O)c1ccc(/C=N/c2cccc(F)c2)cc1. The number of aliphatic imine (C=N–C) groups is 1. The van der Waals surface area contributed by atoms with Crippen LogP contribution in [-0.4, -0.2) is 19.3 Å². The number of carbonyl (C=O) groups is 1. The van der Waals surface area contributed by atoms with Crippen LogP contribution < -0.4 is 0 Å². The number of rotatable bonds is 3. The molecule has 0 amide bonds. The summed E-state index contributed by atoms with van der Waals surface area (Å²) in [4.78, 5) is 15.4. The summed E-state index contributed by atoms with van der Waals surface area (Å²) in [5, 5.41) is 0. The van der Waals surface area contributed by atoms with Gasteiger partial charge in [-0.05, 0) is 35.9 Å². The molecular weight excluding hydrogens is 245 g/mol. The molecule has 0 aromatic heterocycles. The summed E-state index contributed by atoms with van der Waals surface area (Å²) in [7, 11) is 1.33. The zero-order valence-electron chi connectivity index (χ0n) is 10.3. The zero-order valence-corrected chi connectivity index (χ0v) is 10.3. The predicted octanol–water partition coefficient (Wildman–Crippen LogP) is 3.36. The van der Waals surface area contributed by atoms with Crippen LogP contribution in [-0.2, 0) is 4.74 Å². The van der Waals surface area contributed by atoms with Crippen molar-refractivity contribution in [1.29, 1.82) is 0 Å². The third-order valence-electron chi connectivity index (χ3n) is 2.50. The Morgan fingerprint density at radius 1 is 1.21 bits per heavy atom. The molecule has 0 saturated heterocycles. The first-order chi connectivity index (χ1) is 9.19. The fourth-order valence-corrected chi connectivity index (χ4v) is 1.53. The van der Waals surface area contributed by atoms with Gasteiger partial charge in [-0.3, -0.25) is 4.99 Å². The Labute approximate surface area is 110 Å². The van der Waals surface area contributed by atoms with Crippen molar-refractivity contribution < 1.29 is 13.9 Å². The van der Waals surface area contributed by atoms with Gasteiger partial charge in [0.2, 0.25) is 0 Å². The molecule has 0 saturated carbocycles. The monoisotopic (exact) mass is 257 g/mol. The van der Waals surface area contributed by atoms with Crippen LogP contribution in [0, 0.1) is 5.82 Å². The summed E-state index contributed by atoms with van der Waals surface area (Å²) < 4.78 is 17.6. The Morgan fingerprint density at radius 3 is 2.58 bits per heavy atom. The van der Waals surface area contributed by atoms with Crippen molar-refractivity contribution in [2.24, 2.45) is 4.99 Å². The van der Waals surface area contributed by atoms with Gasteiger partial charge in [0, 0.05) is 6.21 Å². The topological polar surface area (TPSA) is 38.7 Å². The van der Waals surface area contributed by atoms with Crippen LogP contribution in [0.4, 0.5) is 10.1 Å². The molecule has 0 fully saturated rings. The maximum Gasteiger partial charge on any atom is 0.337 e. The molecule has 96 valence electrons. The van der Waals surface area contributed by atoms with Crippen molar-refractivity contribution in [2.75, 3.05) is 7.11 Å². The highest BCUT2D eigenvalue weighted by Crippen LogP contribution is 2.13. The van der Waals surface area contributed by atoms with Crippen molar-refractivity contribution in [3.63, 3.8) is 0 Å². The van der Waals surface area contributed by atoms with Crippen LogP contribution in [0.5, 0.6) is 0 Å². The maximum absolute atomic E-state index is 12.9. The molecule has 0 N–H and O–H groups in total. The first kappa shape index (κ1) is 13.0. The molecule has 0 radical (unpaired) electrons. The lowest BCUT2D eigenvalue weighted by molar-refractivity contribution is 0.0600. The van der Waals surface area contributed by atoms with Gasteiger partial charge >= 0.3 is 5.97 Å². The molecule has 0 bridgehead atoms. The molecule has 2 aromatic carbocycles. The Kier molecular flexibility index (Phi) is 4.03. The summed E-state index contributed by atoms with van der Waals surface area (Å²) in [6.07, 6.45) is 1.61. The molecule has 2 aromatic rings. The second kappa shape index (κ2) is 5.91. The van der Waals surface area contributed by atoms with Crippen LogP contribution in [0.1, 0.15) is 15.9 Å². The third kappa shape index (κ3) is 3.48. The van der Waals surface area contributed by atoms with E-state index in [2.05, 4.69) is 9.73 Å². The number of nitrogens with zero attached hydrogens (tertiary/aromatic N) is 1. The summed E-state index contributed by atoms with van der Waals surface area (Å²) in [6, 6.07) is 12.8. The molecule has 19 heavy (non-hydrogen) atoms. The number of halogens is 1. The van der Waals surface area contributed by atoms with Crippen LogP contribution in [0.25, 0.3) is 0 Å². The van der Waals surface area contributed by atoms with Gasteiger partial charge in [-0.2, -0.15) is 0 Å². The van der Waals surface area contributed by atoms with Gasteiger partial charge in [0.15, 0.2) is 0 Å². The number of hydrogen-bond donors (Lipinski definition) is 0. The average Bonchev–Trinajstić information content (AvgIpc) is 2.45. The highest BCUT2D eigenvalue weighted by molar-refractivity contribution is 5.90. The Hall–Kier alpha value is -2.49. The lowest BCUT2D eigenvalue weighted by Crippen LogP contribution is -2.00. The fraction of sp³-hybridized carbons (Fsp3) is 0.0667. The summed E-state index contributed by atoms with van der Waals surface area (Å²) in [6.45, 7) is 0. The van der Waals surface area contributed by atoms with Crippen molar-refractivity contribution >= 4 is 17.9 Å². The zero-order chi connectivity index (χ0) is 13.7. The first-order valence-corrected chi connectivity index (χ1v) is 5.67. The average molecular weight is 257 g/mol.